The van der Waals surface area contributed by atoms with Crippen molar-refractivity contribution in [3.63, 3.8) is 0 Å². The van der Waals surface area contributed by atoms with E-state index in [2.05, 4.69) is 77.9 Å². The first kappa shape index (κ1) is 61.4. The molecular weight excluding hydrogens is 1070 g/mol. The SMILES string of the molecule is CCCCC(C)(C)OC(=O)OCCCCCCN1C(=O)c2cc(-c3ccc(C(C)(C)c4ccccc4)s3)c3c4c(cc(-c5ccc(C(C)(C)c6ccccc6)s5)c(c24)C1=O)C(=O)N(CCCCCCOC(=O)OC(C)(C)CCCC)C3=O. The number of imide groups is 2. The lowest BCUT2D eigenvalue weighted by Crippen LogP contribution is -2.44. The zero-order valence-electron chi connectivity index (χ0n) is 49.8. The van der Waals surface area contributed by atoms with Gasteiger partial charge in [0.25, 0.3) is 23.6 Å². The van der Waals surface area contributed by atoms with E-state index in [1.54, 1.807) is 34.8 Å². The van der Waals surface area contributed by atoms with E-state index in [1.807, 2.05) is 76.2 Å². The molecular formula is C68H82N2O10S2. The predicted octanol–water partition coefficient (Wildman–Crippen LogP) is 17.5. The minimum Gasteiger partial charge on any atom is -0.434 e. The van der Waals surface area contributed by atoms with Crippen molar-refractivity contribution >= 4 is 69.4 Å². The Kier molecular flexibility index (Phi) is 19.7. The van der Waals surface area contributed by atoms with Crippen LogP contribution in [0.2, 0.25) is 0 Å². The molecule has 0 saturated heterocycles. The van der Waals surface area contributed by atoms with Gasteiger partial charge in [0.1, 0.15) is 11.2 Å². The molecule has 0 spiro atoms. The molecule has 0 aliphatic carbocycles. The average molecular weight is 1150 g/mol. The zero-order valence-corrected chi connectivity index (χ0v) is 51.4. The molecule has 2 aliphatic rings. The molecule has 82 heavy (non-hydrogen) atoms. The van der Waals surface area contributed by atoms with Gasteiger partial charge in [-0.3, -0.25) is 29.0 Å². The number of hydrogen-bond donors (Lipinski definition) is 0. The summed E-state index contributed by atoms with van der Waals surface area (Å²) in [5, 5.41) is 0.651. The number of nitrogens with zero attached hydrogens (tertiary/aromatic N) is 2. The molecule has 2 aliphatic heterocycles. The maximum Gasteiger partial charge on any atom is 0.508 e. The zero-order chi connectivity index (χ0) is 59.0. The predicted molar refractivity (Wildman–Crippen MR) is 327 cm³/mol. The highest BCUT2D eigenvalue weighted by Gasteiger charge is 2.44. The van der Waals surface area contributed by atoms with E-state index in [0.29, 0.717) is 84.4 Å². The third kappa shape index (κ3) is 13.7. The summed E-state index contributed by atoms with van der Waals surface area (Å²) in [5.74, 6) is -1.92. The number of thiophene rings is 2. The second kappa shape index (κ2) is 26.3. The van der Waals surface area contributed by atoms with Gasteiger partial charge in [0.15, 0.2) is 0 Å². The second-order valence-electron chi connectivity index (χ2n) is 24.2. The molecule has 2 aromatic heterocycles. The van der Waals surface area contributed by atoms with Gasteiger partial charge in [0.2, 0.25) is 0 Å². The lowest BCUT2D eigenvalue weighted by molar-refractivity contribution is -0.0228. The average Bonchev–Trinajstić information content (AvgIpc) is 3.59. The molecule has 0 saturated carbocycles. The second-order valence-corrected chi connectivity index (χ2v) is 26.4. The number of amides is 4. The summed E-state index contributed by atoms with van der Waals surface area (Å²) in [6.07, 6.45) is 8.87. The summed E-state index contributed by atoms with van der Waals surface area (Å²) in [4.78, 5) is 92.7. The first-order chi connectivity index (χ1) is 39.1. The normalized spacial score (nSPS) is 13.8. The van der Waals surface area contributed by atoms with Crippen molar-refractivity contribution in [2.24, 2.45) is 0 Å². The van der Waals surface area contributed by atoms with Crippen LogP contribution in [0.4, 0.5) is 9.59 Å². The highest BCUT2D eigenvalue weighted by atomic mass is 32.1. The van der Waals surface area contributed by atoms with E-state index >= 15 is 19.2 Å². The molecule has 0 N–H and O–H groups in total. The highest BCUT2D eigenvalue weighted by Crippen LogP contribution is 2.50. The lowest BCUT2D eigenvalue weighted by Gasteiger charge is -2.34. The van der Waals surface area contributed by atoms with Crippen LogP contribution in [0.15, 0.2) is 97.1 Å². The first-order valence-corrected chi connectivity index (χ1v) is 31.2. The topological polar surface area (TPSA) is 146 Å². The number of hydrogen-bond acceptors (Lipinski definition) is 12. The van der Waals surface area contributed by atoms with Crippen LogP contribution in [0, 0.1) is 0 Å². The van der Waals surface area contributed by atoms with Gasteiger partial charge in [-0.05, 0) is 139 Å². The van der Waals surface area contributed by atoms with Crippen molar-refractivity contribution in [3.05, 3.63) is 140 Å². The van der Waals surface area contributed by atoms with Gasteiger partial charge in [-0.15, -0.1) is 22.7 Å². The number of ether oxygens (including phenoxy) is 4. The largest absolute Gasteiger partial charge is 0.508 e. The molecule has 436 valence electrons. The van der Waals surface area contributed by atoms with Gasteiger partial charge < -0.3 is 18.9 Å². The van der Waals surface area contributed by atoms with Crippen LogP contribution in [-0.4, -0.2) is 83.2 Å². The van der Waals surface area contributed by atoms with Crippen LogP contribution < -0.4 is 0 Å². The Morgan fingerprint density at radius 1 is 0.439 bits per heavy atom. The number of rotatable bonds is 28. The number of unbranched alkanes of at least 4 members (excludes halogenated alkanes) is 8. The Hall–Kier alpha value is -6.64. The molecule has 0 fully saturated rings. The van der Waals surface area contributed by atoms with Gasteiger partial charge in [-0.25, -0.2) is 9.59 Å². The summed E-state index contributed by atoms with van der Waals surface area (Å²) in [6.45, 7) is 21.0. The Morgan fingerprint density at radius 3 is 1.17 bits per heavy atom. The smallest absolute Gasteiger partial charge is 0.434 e. The fourth-order valence-corrected chi connectivity index (χ4v) is 13.5. The van der Waals surface area contributed by atoms with Gasteiger partial charge >= 0.3 is 12.3 Å². The van der Waals surface area contributed by atoms with Crippen molar-refractivity contribution in [3.8, 4) is 20.9 Å². The molecule has 0 radical (unpaired) electrons. The van der Waals surface area contributed by atoms with Gasteiger partial charge in [-0.2, -0.15) is 0 Å². The van der Waals surface area contributed by atoms with Gasteiger partial charge in [-0.1, -0.05) is 128 Å². The van der Waals surface area contributed by atoms with E-state index in [-0.39, 0.29) is 37.4 Å². The summed E-state index contributed by atoms with van der Waals surface area (Å²) < 4.78 is 22.0. The summed E-state index contributed by atoms with van der Waals surface area (Å²) in [6, 6.07) is 32.2. The molecule has 4 aromatic carbocycles. The molecule has 0 atom stereocenters. The van der Waals surface area contributed by atoms with E-state index in [4.69, 9.17) is 18.9 Å². The minimum absolute atomic E-state index is 0.135. The van der Waals surface area contributed by atoms with E-state index in [0.717, 1.165) is 69.2 Å². The molecule has 14 heteroatoms. The third-order valence-electron chi connectivity index (χ3n) is 16.2. The molecule has 0 unspecified atom stereocenters. The minimum atomic E-state index is -0.687. The Morgan fingerprint density at radius 2 is 0.805 bits per heavy atom. The molecule has 6 aromatic rings. The van der Waals surface area contributed by atoms with Crippen molar-refractivity contribution in [1.29, 1.82) is 0 Å². The van der Waals surface area contributed by atoms with Crippen LogP contribution in [0.5, 0.6) is 0 Å². The van der Waals surface area contributed by atoms with Gasteiger partial charge in [0, 0.05) is 76.5 Å². The van der Waals surface area contributed by atoms with E-state index in [1.165, 1.54) is 9.80 Å². The monoisotopic (exact) mass is 1150 g/mol. The van der Waals surface area contributed by atoms with E-state index < -0.39 is 58.0 Å². The van der Waals surface area contributed by atoms with Crippen LogP contribution in [-0.2, 0) is 29.8 Å². The van der Waals surface area contributed by atoms with Crippen LogP contribution in [0.25, 0.3) is 31.7 Å². The molecule has 12 nitrogen and oxygen atoms in total. The lowest BCUT2D eigenvalue weighted by atomic mass is 9.80. The van der Waals surface area contributed by atoms with Crippen LogP contribution in [0.1, 0.15) is 221 Å². The number of benzene rings is 4. The number of carbonyl (C=O) groups excluding carboxylic acids is 6. The van der Waals surface area contributed by atoms with Crippen molar-refractivity contribution < 1.29 is 47.7 Å². The van der Waals surface area contributed by atoms with E-state index in [9.17, 15) is 9.59 Å². The fraction of sp³-hybridized carbons (Fsp3) is 0.471. The van der Waals surface area contributed by atoms with Crippen LogP contribution >= 0.6 is 22.7 Å². The van der Waals surface area contributed by atoms with Crippen LogP contribution in [0.3, 0.4) is 0 Å². The Bertz CT molecular complexity index is 3060. The van der Waals surface area contributed by atoms with Crippen molar-refractivity contribution in [2.75, 3.05) is 26.3 Å². The summed E-state index contributed by atoms with van der Waals surface area (Å²) in [5.41, 5.74) is 2.38. The Labute approximate surface area is 492 Å². The maximum absolute atomic E-state index is 15.4. The fourth-order valence-electron chi connectivity index (χ4n) is 11.2. The summed E-state index contributed by atoms with van der Waals surface area (Å²) >= 11 is 3.09. The first-order valence-electron chi connectivity index (χ1n) is 29.5. The molecule has 4 amide bonds. The third-order valence-corrected chi connectivity index (χ3v) is 19.1. The van der Waals surface area contributed by atoms with Gasteiger partial charge in [0.05, 0.1) is 24.3 Å². The Balaban J connectivity index is 1.14. The molecule has 0 bridgehead atoms. The number of carbonyl (C=O) groups is 6. The van der Waals surface area contributed by atoms with Crippen molar-refractivity contribution in [2.45, 2.75) is 181 Å². The standard InChI is InChI=1S/C68H82N2O10S2/c1-11-13-37-65(3,4)79-63(75)77-41-27-17-15-25-39-69-59(71)49-43-48(52-34-36-54(82-52)68(9,10)46-31-23-20-24-32-46)58-56-50(60(72)70(62(58)74)40-26-16-18-28-42-78-64(76)80-66(5,6)38-14-12-2)44-47(57(55(49)56)61(69)73)51-33-35-53(81-51)67(7,8)45-29-21-19-22-30-45/h19-24,29-36,43-44H,11-18,25-28,37-42H2,1-10H3. The summed E-state index contributed by atoms with van der Waals surface area (Å²) in [7, 11) is 0. The van der Waals surface area contributed by atoms with Crippen molar-refractivity contribution in [1.82, 2.24) is 9.80 Å². The maximum atomic E-state index is 15.4. The molecule has 4 heterocycles. The highest BCUT2D eigenvalue weighted by molar-refractivity contribution is 7.16. The quantitative estimate of drug-likeness (QED) is 0.0264. The molecule has 8 rings (SSSR count).